The first-order valence-electron chi connectivity index (χ1n) is 9.16. The van der Waals surface area contributed by atoms with E-state index in [-0.39, 0.29) is 5.91 Å². The first-order valence-corrected chi connectivity index (χ1v) is 9.92. The second-order valence-corrected chi connectivity index (χ2v) is 8.13. The van der Waals surface area contributed by atoms with Gasteiger partial charge in [0.1, 0.15) is 12.0 Å². The maximum atomic E-state index is 13.0. The number of piperidine rings is 1. The predicted octanol–water partition coefficient (Wildman–Crippen LogP) is 4.04. The van der Waals surface area contributed by atoms with Crippen LogP contribution in [0.2, 0.25) is 10.0 Å². The molecule has 1 amide bonds. The molecule has 0 bridgehead atoms. The molecule has 1 atom stereocenters. The van der Waals surface area contributed by atoms with Gasteiger partial charge in [0.2, 0.25) is 0 Å². The number of likely N-dealkylation sites (tertiary alicyclic amines) is 1. The van der Waals surface area contributed by atoms with Gasteiger partial charge in [-0.15, -0.1) is 0 Å². The number of rotatable bonds is 1. The smallest absolute Gasteiger partial charge is 0.254 e. The number of halogens is 2. The number of nitrogens with zero attached hydrogens (tertiary/aromatic N) is 2. The average Bonchev–Trinajstić information content (AvgIpc) is 3.06. The third kappa shape index (κ3) is 3.54. The lowest BCUT2D eigenvalue weighted by Crippen LogP contribution is -2.41. The molecule has 0 radical (unpaired) electrons. The minimum absolute atomic E-state index is 0.133. The van der Waals surface area contributed by atoms with Crippen molar-refractivity contribution in [3.8, 4) is 0 Å². The summed E-state index contributed by atoms with van der Waals surface area (Å²) in [5.74, 6) is 0.287. The van der Waals surface area contributed by atoms with Crippen LogP contribution in [0.15, 0.2) is 34.6 Å². The van der Waals surface area contributed by atoms with E-state index in [9.17, 15) is 4.79 Å². The van der Waals surface area contributed by atoms with Crippen molar-refractivity contribution in [3.63, 3.8) is 0 Å². The summed E-state index contributed by atoms with van der Waals surface area (Å²) in [5, 5.41) is 16.8. The highest BCUT2D eigenvalue weighted by Gasteiger charge is 2.30. The van der Waals surface area contributed by atoms with Crippen LogP contribution in [0.5, 0.6) is 0 Å². The second kappa shape index (κ2) is 7.60. The summed E-state index contributed by atoms with van der Waals surface area (Å²) in [4.78, 5) is 14.7. The molecule has 8 heteroatoms. The van der Waals surface area contributed by atoms with Gasteiger partial charge in [0, 0.05) is 48.5 Å². The van der Waals surface area contributed by atoms with Crippen molar-refractivity contribution in [3.05, 3.63) is 56.9 Å². The highest BCUT2D eigenvalue weighted by Crippen LogP contribution is 2.29. The lowest BCUT2D eigenvalue weighted by Gasteiger charge is -2.31. The van der Waals surface area contributed by atoms with Gasteiger partial charge in [-0.25, -0.2) is 0 Å². The van der Waals surface area contributed by atoms with Crippen molar-refractivity contribution < 1.29 is 9.32 Å². The number of carbonyl (C=O) groups excluding carboxylic acids is 1. The molecule has 1 fully saturated rings. The summed E-state index contributed by atoms with van der Waals surface area (Å²) in [7, 11) is 0. The minimum atomic E-state index is -0.133. The van der Waals surface area contributed by atoms with Gasteiger partial charge in [-0.2, -0.15) is 0 Å². The zero-order valence-electron chi connectivity index (χ0n) is 15.4. The first-order chi connectivity index (χ1) is 13.4. The van der Waals surface area contributed by atoms with E-state index in [1.165, 1.54) is 0 Å². The molecule has 6 nitrogen and oxygen atoms in total. The molecule has 2 aliphatic rings. The molecular formula is C20H20Cl2N4O2. The molecule has 1 saturated heterocycles. The molecule has 1 aromatic heterocycles. The average molecular weight is 419 g/mol. The van der Waals surface area contributed by atoms with Crippen molar-refractivity contribution in [2.45, 2.75) is 19.8 Å². The van der Waals surface area contributed by atoms with Crippen molar-refractivity contribution in [1.29, 1.82) is 5.41 Å². The molecule has 28 heavy (non-hydrogen) atoms. The zero-order chi connectivity index (χ0) is 19.8. The Morgan fingerprint density at radius 1 is 1.36 bits per heavy atom. The Balaban J connectivity index is 1.67. The Morgan fingerprint density at radius 2 is 2.18 bits per heavy atom. The Bertz CT molecular complexity index is 982. The van der Waals surface area contributed by atoms with Gasteiger partial charge in [0.15, 0.2) is 0 Å². The van der Waals surface area contributed by atoms with Crippen LogP contribution in [0.25, 0.3) is 5.70 Å². The Labute approximate surface area is 173 Å². The van der Waals surface area contributed by atoms with Crippen LogP contribution in [0.3, 0.4) is 0 Å². The van der Waals surface area contributed by atoms with Gasteiger partial charge in [-0.1, -0.05) is 35.3 Å². The Hall–Kier alpha value is -2.31. The Kier molecular flexibility index (Phi) is 5.17. The van der Waals surface area contributed by atoms with Crippen LogP contribution in [0.1, 0.15) is 35.0 Å². The predicted molar refractivity (Wildman–Crippen MR) is 109 cm³/mol. The van der Waals surface area contributed by atoms with Crippen molar-refractivity contribution in [1.82, 2.24) is 15.4 Å². The van der Waals surface area contributed by atoms with Gasteiger partial charge >= 0.3 is 0 Å². The summed E-state index contributed by atoms with van der Waals surface area (Å²) in [6.07, 6.45) is 3.02. The fraction of sp³-hybridized carbons (Fsp3) is 0.350. The summed E-state index contributed by atoms with van der Waals surface area (Å²) >= 11 is 12.0. The lowest BCUT2D eigenvalue weighted by molar-refractivity contribution is 0.0770. The van der Waals surface area contributed by atoms with E-state index in [0.717, 1.165) is 35.5 Å². The maximum absolute atomic E-state index is 13.0. The molecular weight excluding hydrogens is 399 g/mol. The standard InChI is InChI=1S/C20H20Cl2N4O2/c1-11-6-13-10-28-25-18(13)19(24-8-11)14-9-26(5-4-17(14)23)20(27)12-2-3-15(21)16(22)7-12/h2-3,7,10-11,23-24H,4-6,8-9H2,1H3/b19-14-,23-17?. The van der Waals surface area contributed by atoms with Gasteiger partial charge in [-0.3, -0.25) is 4.79 Å². The highest BCUT2D eigenvalue weighted by molar-refractivity contribution is 6.42. The van der Waals surface area contributed by atoms with E-state index >= 15 is 0 Å². The van der Waals surface area contributed by atoms with Gasteiger partial charge in [0.25, 0.3) is 5.91 Å². The number of hydrogen-bond donors (Lipinski definition) is 2. The number of benzene rings is 1. The monoisotopic (exact) mass is 418 g/mol. The molecule has 0 aliphatic carbocycles. The molecule has 1 aromatic carbocycles. The highest BCUT2D eigenvalue weighted by atomic mass is 35.5. The van der Waals surface area contributed by atoms with Crippen LogP contribution >= 0.6 is 23.2 Å². The zero-order valence-corrected chi connectivity index (χ0v) is 16.9. The van der Waals surface area contributed by atoms with E-state index in [0.29, 0.717) is 46.7 Å². The van der Waals surface area contributed by atoms with E-state index in [1.54, 1.807) is 29.4 Å². The fourth-order valence-corrected chi connectivity index (χ4v) is 3.94. The Morgan fingerprint density at radius 3 is 2.96 bits per heavy atom. The van der Waals surface area contributed by atoms with E-state index in [1.807, 2.05) is 0 Å². The number of carbonyl (C=O) groups is 1. The topological polar surface area (TPSA) is 82.2 Å². The molecule has 146 valence electrons. The molecule has 2 N–H and O–H groups in total. The van der Waals surface area contributed by atoms with Crippen LogP contribution in [0.4, 0.5) is 0 Å². The largest absolute Gasteiger partial charge is 0.383 e. The summed E-state index contributed by atoms with van der Waals surface area (Å²) in [6, 6.07) is 4.88. The first kappa shape index (κ1) is 19.0. The molecule has 4 rings (SSSR count). The number of fused-ring (bicyclic) bond motifs is 1. The van der Waals surface area contributed by atoms with Crippen molar-refractivity contribution in [2.75, 3.05) is 19.6 Å². The second-order valence-electron chi connectivity index (χ2n) is 7.32. The number of hydrogen-bond acceptors (Lipinski definition) is 5. The third-order valence-corrected chi connectivity index (χ3v) is 5.92. The molecule has 1 unspecified atom stereocenters. The molecule has 0 saturated carbocycles. The van der Waals surface area contributed by atoms with Crippen molar-refractivity contribution >= 4 is 40.5 Å². The normalized spacial score (nSPS) is 22.5. The van der Waals surface area contributed by atoms with Crippen LogP contribution in [-0.2, 0) is 6.42 Å². The van der Waals surface area contributed by atoms with E-state index < -0.39 is 0 Å². The number of amides is 1. The molecule has 2 aliphatic heterocycles. The quantitative estimate of drug-likeness (QED) is 0.731. The van der Waals surface area contributed by atoms with Gasteiger partial charge < -0.3 is 20.1 Å². The fourth-order valence-electron chi connectivity index (χ4n) is 3.64. The molecule has 0 spiro atoms. The van der Waals surface area contributed by atoms with Crippen LogP contribution in [-0.4, -0.2) is 41.3 Å². The van der Waals surface area contributed by atoms with Gasteiger partial charge in [0.05, 0.1) is 15.7 Å². The minimum Gasteiger partial charge on any atom is -0.383 e. The van der Waals surface area contributed by atoms with Crippen molar-refractivity contribution in [2.24, 2.45) is 5.92 Å². The van der Waals surface area contributed by atoms with Crippen LogP contribution in [0, 0.1) is 11.3 Å². The maximum Gasteiger partial charge on any atom is 0.254 e. The lowest BCUT2D eigenvalue weighted by atomic mass is 9.96. The summed E-state index contributed by atoms with van der Waals surface area (Å²) < 4.78 is 5.19. The molecule has 3 heterocycles. The van der Waals surface area contributed by atoms with Gasteiger partial charge in [-0.05, 0) is 30.5 Å². The molecule has 2 aromatic rings. The van der Waals surface area contributed by atoms with E-state index in [2.05, 4.69) is 17.4 Å². The van der Waals surface area contributed by atoms with E-state index in [4.69, 9.17) is 33.1 Å². The SMILES string of the molecule is CC1CN/C(=C2/CN(C(=O)c3ccc(Cl)c(Cl)c3)CCC2=N)c2nocc2C1. The number of aromatic nitrogens is 1. The number of nitrogens with one attached hydrogen (secondary N) is 2. The third-order valence-electron chi connectivity index (χ3n) is 5.18. The van der Waals surface area contributed by atoms with Crippen LogP contribution < -0.4 is 5.32 Å². The summed E-state index contributed by atoms with van der Waals surface area (Å²) in [5.41, 5.74) is 4.35. The summed E-state index contributed by atoms with van der Waals surface area (Å²) in [6.45, 7) is 3.75.